The molecule has 2 aromatic rings. The van der Waals surface area contributed by atoms with E-state index in [2.05, 4.69) is 6.07 Å². The minimum atomic E-state index is 0.373. The summed E-state index contributed by atoms with van der Waals surface area (Å²) in [6.07, 6.45) is 0. The highest BCUT2D eigenvalue weighted by Gasteiger charge is 2.08. The van der Waals surface area contributed by atoms with Gasteiger partial charge < -0.3 is 14.2 Å². The van der Waals surface area contributed by atoms with E-state index in [-0.39, 0.29) is 0 Å². The molecule has 21 heavy (non-hydrogen) atoms. The minimum absolute atomic E-state index is 0.373. The Morgan fingerprint density at radius 2 is 1.67 bits per heavy atom. The third kappa shape index (κ3) is 3.82. The standard InChI is InChI=1S/C17H19ClO3/c1-12-4-6-16(20-3)14(8-12)11-21-17-7-5-15(19-2)9-13(17)10-18/h4-9H,10-11H2,1-3H3. The summed E-state index contributed by atoms with van der Waals surface area (Å²) >= 11 is 5.97. The van der Waals surface area contributed by atoms with Crippen molar-refractivity contribution in [2.75, 3.05) is 14.2 Å². The van der Waals surface area contributed by atoms with Crippen LogP contribution >= 0.6 is 11.6 Å². The van der Waals surface area contributed by atoms with Crippen molar-refractivity contribution < 1.29 is 14.2 Å². The van der Waals surface area contributed by atoms with E-state index >= 15 is 0 Å². The average Bonchev–Trinajstić information content (AvgIpc) is 2.52. The molecule has 0 saturated carbocycles. The van der Waals surface area contributed by atoms with Gasteiger partial charge in [0, 0.05) is 11.1 Å². The molecule has 0 bridgehead atoms. The van der Waals surface area contributed by atoms with Gasteiger partial charge in [-0.15, -0.1) is 11.6 Å². The van der Waals surface area contributed by atoms with Gasteiger partial charge in [-0.05, 0) is 37.3 Å². The molecule has 0 aliphatic rings. The van der Waals surface area contributed by atoms with Gasteiger partial charge in [-0.3, -0.25) is 0 Å². The molecule has 0 atom stereocenters. The lowest BCUT2D eigenvalue weighted by atomic mass is 10.1. The second kappa shape index (κ2) is 7.23. The molecular weight excluding hydrogens is 288 g/mol. The zero-order valence-corrected chi connectivity index (χ0v) is 13.2. The van der Waals surface area contributed by atoms with E-state index in [1.165, 1.54) is 5.56 Å². The van der Waals surface area contributed by atoms with Crippen LogP contribution in [0.3, 0.4) is 0 Å². The predicted molar refractivity (Wildman–Crippen MR) is 84.6 cm³/mol. The number of hydrogen-bond acceptors (Lipinski definition) is 3. The van der Waals surface area contributed by atoms with Crippen LogP contribution in [0.1, 0.15) is 16.7 Å². The SMILES string of the molecule is COc1ccc(OCc2cc(C)ccc2OC)c(CCl)c1. The number of ether oxygens (including phenoxy) is 3. The highest BCUT2D eigenvalue weighted by Crippen LogP contribution is 2.28. The summed E-state index contributed by atoms with van der Waals surface area (Å²) < 4.78 is 16.4. The zero-order valence-electron chi connectivity index (χ0n) is 12.5. The quantitative estimate of drug-likeness (QED) is 0.743. The summed E-state index contributed by atoms with van der Waals surface area (Å²) in [7, 11) is 3.29. The number of benzene rings is 2. The van der Waals surface area contributed by atoms with Crippen LogP contribution < -0.4 is 14.2 Å². The summed E-state index contributed by atoms with van der Waals surface area (Å²) in [5.41, 5.74) is 3.08. The monoisotopic (exact) mass is 306 g/mol. The van der Waals surface area contributed by atoms with Crippen molar-refractivity contribution in [2.24, 2.45) is 0 Å². The van der Waals surface area contributed by atoms with Crippen LogP contribution in [0, 0.1) is 6.92 Å². The number of aryl methyl sites for hydroxylation is 1. The summed E-state index contributed by atoms with van der Waals surface area (Å²) in [6.45, 7) is 2.47. The van der Waals surface area contributed by atoms with Gasteiger partial charge in [-0.1, -0.05) is 11.6 Å². The normalized spacial score (nSPS) is 10.3. The fourth-order valence-corrected chi connectivity index (χ4v) is 2.31. The van der Waals surface area contributed by atoms with Gasteiger partial charge in [0.1, 0.15) is 23.9 Å². The first-order chi connectivity index (χ1) is 10.2. The maximum atomic E-state index is 5.97. The lowest BCUT2D eigenvalue weighted by Crippen LogP contribution is -2.01. The molecule has 0 aliphatic carbocycles. The molecule has 0 aliphatic heterocycles. The third-order valence-corrected chi connectivity index (χ3v) is 3.52. The summed E-state index contributed by atoms with van der Waals surface area (Å²) in [4.78, 5) is 0. The lowest BCUT2D eigenvalue weighted by Gasteiger charge is -2.14. The van der Waals surface area contributed by atoms with Crippen molar-refractivity contribution in [2.45, 2.75) is 19.4 Å². The second-order valence-corrected chi connectivity index (χ2v) is 4.98. The summed E-state index contributed by atoms with van der Waals surface area (Å²) in [5.74, 6) is 2.72. The van der Waals surface area contributed by atoms with Crippen molar-refractivity contribution >= 4 is 11.6 Å². The smallest absolute Gasteiger partial charge is 0.125 e. The second-order valence-electron chi connectivity index (χ2n) is 4.71. The Hall–Kier alpha value is -1.87. The van der Waals surface area contributed by atoms with E-state index in [1.807, 2.05) is 37.3 Å². The number of alkyl halides is 1. The Morgan fingerprint density at radius 3 is 2.33 bits per heavy atom. The molecule has 0 fully saturated rings. The highest BCUT2D eigenvalue weighted by molar-refractivity contribution is 6.17. The van der Waals surface area contributed by atoms with Crippen LogP contribution in [0.5, 0.6) is 17.2 Å². The largest absolute Gasteiger partial charge is 0.497 e. The van der Waals surface area contributed by atoms with Crippen molar-refractivity contribution in [3.8, 4) is 17.2 Å². The Balaban J connectivity index is 2.18. The topological polar surface area (TPSA) is 27.7 Å². The maximum absolute atomic E-state index is 5.97. The molecule has 2 rings (SSSR count). The first-order valence-corrected chi connectivity index (χ1v) is 7.20. The Morgan fingerprint density at radius 1 is 0.905 bits per heavy atom. The molecule has 0 heterocycles. The zero-order chi connectivity index (χ0) is 15.2. The molecule has 0 saturated heterocycles. The highest BCUT2D eigenvalue weighted by atomic mass is 35.5. The summed E-state index contributed by atoms with van der Waals surface area (Å²) in [5, 5.41) is 0. The molecule has 112 valence electrons. The molecule has 3 nitrogen and oxygen atoms in total. The lowest BCUT2D eigenvalue weighted by molar-refractivity contribution is 0.294. The number of hydrogen-bond donors (Lipinski definition) is 0. The molecule has 0 radical (unpaired) electrons. The molecule has 2 aromatic carbocycles. The molecule has 0 aromatic heterocycles. The van der Waals surface area contributed by atoms with E-state index in [4.69, 9.17) is 25.8 Å². The van der Waals surface area contributed by atoms with Crippen molar-refractivity contribution in [3.05, 3.63) is 53.1 Å². The third-order valence-electron chi connectivity index (χ3n) is 3.23. The van der Waals surface area contributed by atoms with E-state index in [0.717, 1.165) is 28.4 Å². The van der Waals surface area contributed by atoms with Crippen LogP contribution in [0.2, 0.25) is 0 Å². The molecular formula is C17H19ClO3. The molecule has 0 unspecified atom stereocenters. The summed E-state index contributed by atoms with van der Waals surface area (Å²) in [6, 6.07) is 11.6. The molecule has 0 amide bonds. The van der Waals surface area contributed by atoms with Gasteiger partial charge in [0.15, 0.2) is 0 Å². The van der Waals surface area contributed by atoms with E-state index in [1.54, 1.807) is 14.2 Å². The fourth-order valence-electron chi connectivity index (χ4n) is 2.10. The van der Waals surface area contributed by atoms with Gasteiger partial charge in [-0.25, -0.2) is 0 Å². The number of rotatable bonds is 6. The number of halogens is 1. The van der Waals surface area contributed by atoms with E-state index in [9.17, 15) is 0 Å². The molecule has 0 N–H and O–H groups in total. The van der Waals surface area contributed by atoms with Gasteiger partial charge >= 0.3 is 0 Å². The van der Waals surface area contributed by atoms with Crippen LogP contribution in [0.15, 0.2) is 36.4 Å². The minimum Gasteiger partial charge on any atom is -0.497 e. The van der Waals surface area contributed by atoms with Crippen molar-refractivity contribution in [1.82, 2.24) is 0 Å². The average molecular weight is 307 g/mol. The van der Waals surface area contributed by atoms with Crippen LogP contribution in [-0.2, 0) is 12.5 Å². The molecule has 0 spiro atoms. The first-order valence-electron chi connectivity index (χ1n) is 6.67. The Labute approximate surface area is 130 Å². The Bertz CT molecular complexity index is 611. The van der Waals surface area contributed by atoms with Gasteiger partial charge in [-0.2, -0.15) is 0 Å². The van der Waals surface area contributed by atoms with Crippen LogP contribution in [0.25, 0.3) is 0 Å². The van der Waals surface area contributed by atoms with Gasteiger partial charge in [0.2, 0.25) is 0 Å². The van der Waals surface area contributed by atoms with Crippen molar-refractivity contribution in [1.29, 1.82) is 0 Å². The maximum Gasteiger partial charge on any atom is 0.125 e. The van der Waals surface area contributed by atoms with E-state index in [0.29, 0.717) is 12.5 Å². The number of methoxy groups -OCH3 is 2. The predicted octanol–water partition coefficient (Wildman–Crippen LogP) is 4.33. The van der Waals surface area contributed by atoms with Crippen LogP contribution in [-0.4, -0.2) is 14.2 Å². The van der Waals surface area contributed by atoms with Crippen molar-refractivity contribution in [3.63, 3.8) is 0 Å². The fraction of sp³-hybridized carbons (Fsp3) is 0.294. The first kappa shape index (κ1) is 15.5. The van der Waals surface area contributed by atoms with Gasteiger partial charge in [0.05, 0.1) is 20.1 Å². The van der Waals surface area contributed by atoms with Crippen LogP contribution in [0.4, 0.5) is 0 Å². The van der Waals surface area contributed by atoms with E-state index < -0.39 is 0 Å². The van der Waals surface area contributed by atoms with Gasteiger partial charge in [0.25, 0.3) is 0 Å². The Kier molecular flexibility index (Phi) is 5.34. The molecule has 4 heteroatoms.